The van der Waals surface area contributed by atoms with Crippen LogP contribution < -0.4 is 4.74 Å². The van der Waals surface area contributed by atoms with Crippen molar-refractivity contribution in [3.63, 3.8) is 0 Å². The van der Waals surface area contributed by atoms with Crippen LogP contribution in [-0.2, 0) is 13.0 Å². The Morgan fingerprint density at radius 3 is 2.86 bits per heavy atom. The molecule has 0 N–H and O–H groups in total. The molecule has 0 atom stereocenters. The summed E-state index contributed by atoms with van der Waals surface area (Å²) in [6.45, 7) is 7.62. The molecular weight excluding hydrogens is 276 g/mol. The van der Waals surface area contributed by atoms with Crippen LogP contribution in [0.5, 0.6) is 5.75 Å². The zero-order valence-corrected chi connectivity index (χ0v) is 13.4. The zero-order chi connectivity index (χ0) is 15.9. The summed E-state index contributed by atoms with van der Waals surface area (Å²) in [4.78, 5) is 0. The number of rotatable bonds is 7. The molecular formula is C17H22N4O. The number of ether oxygens (including phenoxy) is 1. The second-order valence-electron chi connectivity index (χ2n) is 5.84. The average Bonchev–Trinajstić information content (AvgIpc) is 2.85. The van der Waals surface area contributed by atoms with E-state index in [1.165, 1.54) is 5.56 Å². The first-order valence-corrected chi connectivity index (χ1v) is 7.62. The molecule has 0 aliphatic carbocycles. The minimum absolute atomic E-state index is 0.438. The van der Waals surface area contributed by atoms with Crippen molar-refractivity contribution in [2.75, 3.05) is 6.61 Å². The number of aromatic nitrogens is 3. The molecule has 116 valence electrons. The van der Waals surface area contributed by atoms with Crippen LogP contribution in [-0.4, -0.2) is 21.6 Å². The van der Waals surface area contributed by atoms with Crippen molar-refractivity contribution < 1.29 is 4.74 Å². The zero-order valence-electron chi connectivity index (χ0n) is 13.4. The minimum atomic E-state index is 0.438. The Hall–Kier alpha value is -2.35. The largest absolute Gasteiger partial charge is 0.494 e. The van der Waals surface area contributed by atoms with Gasteiger partial charge < -0.3 is 4.74 Å². The van der Waals surface area contributed by atoms with Crippen LogP contribution >= 0.6 is 0 Å². The number of nitriles is 1. The highest BCUT2D eigenvalue weighted by atomic mass is 16.5. The van der Waals surface area contributed by atoms with Gasteiger partial charge in [-0.2, -0.15) is 5.26 Å². The maximum atomic E-state index is 9.10. The lowest BCUT2D eigenvalue weighted by Crippen LogP contribution is -2.11. The summed E-state index contributed by atoms with van der Waals surface area (Å²) in [6, 6.07) is 10.1. The van der Waals surface area contributed by atoms with E-state index in [0.717, 1.165) is 24.3 Å². The van der Waals surface area contributed by atoms with Crippen molar-refractivity contribution in [2.45, 2.75) is 40.2 Å². The smallest absolute Gasteiger partial charge is 0.185 e. The predicted octanol–water partition coefficient (Wildman–Crippen LogP) is 3.13. The third kappa shape index (κ3) is 4.32. The third-order valence-corrected chi connectivity index (χ3v) is 3.32. The summed E-state index contributed by atoms with van der Waals surface area (Å²) >= 11 is 0. The van der Waals surface area contributed by atoms with E-state index in [-0.39, 0.29) is 0 Å². The van der Waals surface area contributed by atoms with Gasteiger partial charge in [0.25, 0.3) is 0 Å². The van der Waals surface area contributed by atoms with Gasteiger partial charge in [0.2, 0.25) is 0 Å². The lowest BCUT2D eigenvalue weighted by atomic mass is 10.1. The molecule has 1 aromatic heterocycles. The van der Waals surface area contributed by atoms with Crippen LogP contribution in [0.4, 0.5) is 0 Å². The molecule has 0 bridgehead atoms. The molecule has 2 aromatic rings. The van der Waals surface area contributed by atoms with E-state index in [2.05, 4.69) is 30.2 Å². The number of benzene rings is 1. The molecule has 2 rings (SSSR count). The van der Waals surface area contributed by atoms with Gasteiger partial charge in [-0.1, -0.05) is 31.2 Å². The fourth-order valence-electron chi connectivity index (χ4n) is 2.30. The number of hydrogen-bond donors (Lipinski definition) is 0. The van der Waals surface area contributed by atoms with Gasteiger partial charge in [0.15, 0.2) is 5.69 Å². The quantitative estimate of drug-likeness (QED) is 0.737. The molecule has 0 spiro atoms. The van der Waals surface area contributed by atoms with Gasteiger partial charge in [-0.25, -0.2) is 4.68 Å². The fourth-order valence-corrected chi connectivity index (χ4v) is 2.30. The maximum absolute atomic E-state index is 9.10. The van der Waals surface area contributed by atoms with Crippen LogP contribution in [0, 0.1) is 24.2 Å². The third-order valence-electron chi connectivity index (χ3n) is 3.32. The summed E-state index contributed by atoms with van der Waals surface area (Å²) in [5.41, 5.74) is 2.55. The molecule has 0 unspecified atom stereocenters. The van der Waals surface area contributed by atoms with Crippen LogP contribution in [0.3, 0.4) is 0 Å². The van der Waals surface area contributed by atoms with E-state index >= 15 is 0 Å². The molecule has 1 aromatic carbocycles. The monoisotopic (exact) mass is 298 g/mol. The van der Waals surface area contributed by atoms with Crippen molar-refractivity contribution in [1.29, 1.82) is 5.26 Å². The van der Waals surface area contributed by atoms with Crippen LogP contribution in [0.1, 0.15) is 37.2 Å². The van der Waals surface area contributed by atoms with E-state index in [1.54, 1.807) is 0 Å². The lowest BCUT2D eigenvalue weighted by molar-refractivity contribution is 0.296. The van der Waals surface area contributed by atoms with Crippen molar-refractivity contribution in [2.24, 2.45) is 5.92 Å². The topological polar surface area (TPSA) is 63.7 Å². The Morgan fingerprint density at radius 1 is 1.36 bits per heavy atom. The summed E-state index contributed by atoms with van der Waals surface area (Å²) < 4.78 is 7.57. The molecule has 5 nitrogen and oxygen atoms in total. The van der Waals surface area contributed by atoms with Crippen LogP contribution in [0.25, 0.3) is 0 Å². The first-order valence-electron chi connectivity index (χ1n) is 7.62. The van der Waals surface area contributed by atoms with E-state index < -0.39 is 0 Å². The SMILES string of the molecule is Cc1cccc(OCCCn2nnc(C#N)c2CC(C)C)c1. The minimum Gasteiger partial charge on any atom is -0.494 e. The molecule has 0 saturated carbocycles. The first-order chi connectivity index (χ1) is 10.6. The Bertz CT molecular complexity index is 655. The van der Waals surface area contributed by atoms with Gasteiger partial charge in [0.05, 0.1) is 12.3 Å². The summed E-state index contributed by atoms with van der Waals surface area (Å²) in [5, 5.41) is 17.1. The second-order valence-corrected chi connectivity index (χ2v) is 5.84. The van der Waals surface area contributed by atoms with Crippen molar-refractivity contribution in [3.8, 4) is 11.8 Å². The van der Waals surface area contributed by atoms with Crippen molar-refractivity contribution >= 4 is 0 Å². The van der Waals surface area contributed by atoms with Crippen LogP contribution in [0.2, 0.25) is 0 Å². The Balaban J connectivity index is 1.89. The van der Waals surface area contributed by atoms with Gasteiger partial charge in [-0.05, 0) is 37.0 Å². The van der Waals surface area contributed by atoms with Gasteiger partial charge in [-0.15, -0.1) is 5.10 Å². The van der Waals surface area contributed by atoms with Crippen molar-refractivity contribution in [3.05, 3.63) is 41.2 Å². The Kier molecular flexibility index (Phi) is 5.54. The molecule has 1 heterocycles. The van der Waals surface area contributed by atoms with E-state index in [9.17, 15) is 0 Å². The molecule has 22 heavy (non-hydrogen) atoms. The average molecular weight is 298 g/mol. The molecule has 0 aliphatic heterocycles. The molecule has 0 aliphatic rings. The first kappa shape index (κ1) is 16.0. The van der Waals surface area contributed by atoms with E-state index in [0.29, 0.717) is 24.8 Å². The van der Waals surface area contributed by atoms with Crippen molar-refractivity contribution in [1.82, 2.24) is 15.0 Å². The van der Waals surface area contributed by atoms with Gasteiger partial charge in [0.1, 0.15) is 11.8 Å². The van der Waals surface area contributed by atoms with Gasteiger partial charge >= 0.3 is 0 Å². The number of hydrogen-bond acceptors (Lipinski definition) is 4. The Morgan fingerprint density at radius 2 is 2.18 bits per heavy atom. The highest BCUT2D eigenvalue weighted by molar-refractivity contribution is 5.27. The molecule has 0 amide bonds. The van der Waals surface area contributed by atoms with E-state index in [4.69, 9.17) is 10.00 Å². The van der Waals surface area contributed by atoms with Crippen LogP contribution in [0.15, 0.2) is 24.3 Å². The Labute approximate surface area is 131 Å². The van der Waals surface area contributed by atoms with Gasteiger partial charge in [0, 0.05) is 13.0 Å². The normalized spacial score (nSPS) is 10.7. The summed E-state index contributed by atoms with van der Waals surface area (Å²) in [7, 11) is 0. The molecule has 0 saturated heterocycles. The maximum Gasteiger partial charge on any atom is 0.185 e. The molecule has 0 radical (unpaired) electrons. The molecule has 0 fully saturated rings. The number of nitrogens with zero attached hydrogens (tertiary/aromatic N) is 4. The standard InChI is InChI=1S/C17H22N4O/c1-13(2)10-17-16(12-18)19-20-21(17)8-5-9-22-15-7-4-6-14(3)11-15/h4,6-7,11,13H,5,8-10H2,1-3H3. The summed E-state index contributed by atoms with van der Waals surface area (Å²) in [6.07, 6.45) is 1.64. The lowest BCUT2D eigenvalue weighted by Gasteiger charge is -2.10. The predicted molar refractivity (Wildman–Crippen MR) is 84.6 cm³/mol. The second kappa shape index (κ2) is 7.60. The number of aryl methyl sites for hydroxylation is 2. The highest BCUT2D eigenvalue weighted by Crippen LogP contribution is 2.14. The molecule has 5 heteroatoms. The fraction of sp³-hybridized carbons (Fsp3) is 0.471. The summed E-state index contributed by atoms with van der Waals surface area (Å²) in [5.74, 6) is 1.35. The van der Waals surface area contributed by atoms with Gasteiger partial charge in [-0.3, -0.25) is 0 Å². The van der Waals surface area contributed by atoms with E-state index in [1.807, 2.05) is 35.9 Å². The highest BCUT2D eigenvalue weighted by Gasteiger charge is 2.13.